The molecule has 6 nitrogen and oxygen atoms in total. The number of rotatable bonds is 3. The van der Waals surface area contributed by atoms with Crippen LogP contribution in [0.2, 0.25) is 0 Å². The predicted molar refractivity (Wildman–Crippen MR) is 82.1 cm³/mol. The minimum atomic E-state index is -0.752. The lowest BCUT2D eigenvalue weighted by Crippen LogP contribution is -2.49. The molecule has 1 spiro atoms. The van der Waals surface area contributed by atoms with Crippen molar-refractivity contribution in [2.75, 3.05) is 13.1 Å². The molecule has 6 heteroatoms. The molecule has 0 bridgehead atoms. The van der Waals surface area contributed by atoms with Gasteiger partial charge in [0.1, 0.15) is 5.54 Å². The molecule has 0 saturated carbocycles. The van der Waals surface area contributed by atoms with Crippen molar-refractivity contribution >= 4 is 11.9 Å². The Bertz CT molecular complexity index is 589. The minimum Gasteiger partial charge on any atom is -0.322 e. The highest BCUT2D eigenvalue weighted by atomic mass is 16.2. The maximum Gasteiger partial charge on any atom is 0.325 e. The van der Waals surface area contributed by atoms with Crippen molar-refractivity contribution in [2.45, 2.75) is 44.8 Å². The van der Waals surface area contributed by atoms with Gasteiger partial charge in [-0.05, 0) is 38.8 Å². The fourth-order valence-corrected chi connectivity index (χ4v) is 3.39. The molecule has 22 heavy (non-hydrogen) atoms. The number of hydrogen-bond donors (Lipinski definition) is 1. The smallest absolute Gasteiger partial charge is 0.322 e. The Morgan fingerprint density at radius 2 is 2.09 bits per heavy atom. The van der Waals surface area contributed by atoms with Crippen LogP contribution in [0.1, 0.15) is 38.8 Å². The molecule has 1 aromatic rings. The molecule has 3 amide bonds. The molecule has 2 atom stereocenters. The lowest BCUT2D eigenvalue weighted by atomic mass is 9.98. The SMILES string of the molecule is CC(C)N1C(=O)N[C@@]2(CCN([C@H](C)c3cccnc3)C2)C1=O. The van der Waals surface area contributed by atoms with Crippen LogP contribution in [0.3, 0.4) is 0 Å². The number of imide groups is 1. The van der Waals surface area contributed by atoms with Crippen LogP contribution >= 0.6 is 0 Å². The Morgan fingerprint density at radius 1 is 1.32 bits per heavy atom. The fraction of sp³-hybridized carbons (Fsp3) is 0.562. The maximum absolute atomic E-state index is 12.7. The molecule has 3 heterocycles. The summed E-state index contributed by atoms with van der Waals surface area (Å²) in [6.07, 6.45) is 4.26. The molecule has 2 aliphatic rings. The zero-order valence-corrected chi connectivity index (χ0v) is 13.2. The van der Waals surface area contributed by atoms with E-state index in [0.29, 0.717) is 13.0 Å². The number of nitrogens with zero attached hydrogens (tertiary/aromatic N) is 3. The Balaban J connectivity index is 1.78. The van der Waals surface area contributed by atoms with E-state index >= 15 is 0 Å². The van der Waals surface area contributed by atoms with E-state index in [1.54, 1.807) is 6.20 Å². The first kappa shape index (κ1) is 15.0. The molecule has 118 valence electrons. The Hall–Kier alpha value is -1.95. The standard InChI is InChI=1S/C16H22N4O2/c1-11(2)20-14(21)16(18-15(20)22)6-8-19(10-16)12(3)13-5-4-7-17-9-13/h4-5,7,9,11-12H,6,8,10H2,1-3H3,(H,18,22)/t12-,16-/m1/s1. The second-order valence-electron chi connectivity index (χ2n) is 6.46. The number of nitrogens with one attached hydrogen (secondary N) is 1. The maximum atomic E-state index is 12.7. The molecule has 2 fully saturated rings. The Kier molecular flexibility index (Phi) is 3.64. The van der Waals surface area contributed by atoms with Gasteiger partial charge in [-0.1, -0.05) is 6.07 Å². The molecule has 0 aliphatic carbocycles. The van der Waals surface area contributed by atoms with Crippen LogP contribution in [0, 0.1) is 0 Å². The summed E-state index contributed by atoms with van der Waals surface area (Å²) in [5.74, 6) is -0.0895. The van der Waals surface area contributed by atoms with Gasteiger partial charge in [-0.2, -0.15) is 0 Å². The summed E-state index contributed by atoms with van der Waals surface area (Å²) in [6, 6.07) is 3.75. The summed E-state index contributed by atoms with van der Waals surface area (Å²) in [6.45, 7) is 7.17. The van der Waals surface area contributed by atoms with Gasteiger partial charge in [0.15, 0.2) is 0 Å². The van der Waals surface area contributed by atoms with Crippen LogP contribution in [0.25, 0.3) is 0 Å². The highest BCUT2D eigenvalue weighted by molar-refractivity contribution is 6.07. The van der Waals surface area contributed by atoms with Gasteiger partial charge in [-0.15, -0.1) is 0 Å². The summed E-state index contributed by atoms with van der Waals surface area (Å²) in [5, 5.41) is 2.93. The number of carbonyl (C=O) groups excluding carboxylic acids is 2. The molecule has 0 aromatic carbocycles. The van der Waals surface area contributed by atoms with Crippen LogP contribution in [-0.2, 0) is 4.79 Å². The second kappa shape index (κ2) is 5.35. The monoisotopic (exact) mass is 302 g/mol. The van der Waals surface area contributed by atoms with Crippen molar-refractivity contribution in [3.8, 4) is 0 Å². The van der Waals surface area contributed by atoms with E-state index in [-0.39, 0.29) is 24.0 Å². The van der Waals surface area contributed by atoms with E-state index in [4.69, 9.17) is 0 Å². The number of urea groups is 1. The summed E-state index contributed by atoms with van der Waals surface area (Å²) >= 11 is 0. The molecular formula is C16H22N4O2. The van der Waals surface area contributed by atoms with Crippen molar-refractivity contribution < 1.29 is 9.59 Å². The highest BCUT2D eigenvalue weighted by Gasteiger charge is 2.55. The third-order valence-electron chi connectivity index (χ3n) is 4.72. The lowest BCUT2D eigenvalue weighted by molar-refractivity contribution is -0.132. The Morgan fingerprint density at radius 3 is 2.68 bits per heavy atom. The normalized spacial score (nSPS) is 27.0. The van der Waals surface area contributed by atoms with Crippen LogP contribution in [0.4, 0.5) is 4.79 Å². The van der Waals surface area contributed by atoms with Crippen molar-refractivity contribution in [2.24, 2.45) is 0 Å². The minimum absolute atomic E-state index is 0.0895. The van der Waals surface area contributed by atoms with E-state index in [1.807, 2.05) is 32.2 Å². The third-order valence-corrected chi connectivity index (χ3v) is 4.72. The van der Waals surface area contributed by atoms with Crippen LogP contribution < -0.4 is 5.32 Å². The number of hydrogen-bond acceptors (Lipinski definition) is 4. The van der Waals surface area contributed by atoms with E-state index in [0.717, 1.165) is 12.1 Å². The van der Waals surface area contributed by atoms with Crippen molar-refractivity contribution in [1.29, 1.82) is 0 Å². The third kappa shape index (κ3) is 2.27. The largest absolute Gasteiger partial charge is 0.325 e. The van der Waals surface area contributed by atoms with Gasteiger partial charge in [-0.25, -0.2) is 4.79 Å². The van der Waals surface area contributed by atoms with Gasteiger partial charge < -0.3 is 5.32 Å². The molecule has 1 aromatic heterocycles. The number of aromatic nitrogens is 1. The van der Waals surface area contributed by atoms with Gasteiger partial charge in [-0.3, -0.25) is 19.6 Å². The van der Waals surface area contributed by atoms with Crippen LogP contribution in [0.5, 0.6) is 0 Å². The van der Waals surface area contributed by atoms with Gasteiger partial charge in [0.05, 0.1) is 0 Å². The summed E-state index contributed by atoms with van der Waals surface area (Å²) < 4.78 is 0. The molecule has 1 N–H and O–H groups in total. The molecule has 0 radical (unpaired) electrons. The first-order chi connectivity index (χ1) is 10.4. The first-order valence-electron chi connectivity index (χ1n) is 7.74. The number of carbonyl (C=O) groups is 2. The average molecular weight is 302 g/mol. The summed E-state index contributed by atoms with van der Waals surface area (Å²) in [4.78, 5) is 32.5. The summed E-state index contributed by atoms with van der Waals surface area (Å²) in [7, 11) is 0. The van der Waals surface area contributed by atoms with Crippen molar-refractivity contribution in [3.63, 3.8) is 0 Å². The molecule has 2 saturated heterocycles. The Labute approximate surface area is 130 Å². The van der Waals surface area contributed by atoms with E-state index in [2.05, 4.69) is 22.1 Å². The van der Waals surface area contributed by atoms with Crippen molar-refractivity contribution in [3.05, 3.63) is 30.1 Å². The number of amides is 3. The molecule has 3 rings (SSSR count). The van der Waals surface area contributed by atoms with Gasteiger partial charge >= 0.3 is 6.03 Å². The molecule has 2 aliphatic heterocycles. The van der Waals surface area contributed by atoms with Crippen LogP contribution in [-0.4, -0.2) is 51.4 Å². The van der Waals surface area contributed by atoms with Gasteiger partial charge in [0.2, 0.25) is 0 Å². The van der Waals surface area contributed by atoms with Gasteiger partial charge in [0.25, 0.3) is 5.91 Å². The predicted octanol–water partition coefficient (Wildman–Crippen LogP) is 1.55. The highest BCUT2D eigenvalue weighted by Crippen LogP contribution is 2.34. The second-order valence-corrected chi connectivity index (χ2v) is 6.46. The molecular weight excluding hydrogens is 280 g/mol. The van der Waals surface area contributed by atoms with Crippen molar-refractivity contribution in [1.82, 2.24) is 20.1 Å². The first-order valence-corrected chi connectivity index (χ1v) is 7.74. The molecule has 0 unspecified atom stereocenters. The lowest BCUT2D eigenvalue weighted by Gasteiger charge is -2.27. The zero-order valence-electron chi connectivity index (χ0n) is 13.2. The summed E-state index contributed by atoms with van der Waals surface area (Å²) in [5.41, 5.74) is 0.370. The van der Waals surface area contributed by atoms with E-state index < -0.39 is 5.54 Å². The quantitative estimate of drug-likeness (QED) is 0.860. The van der Waals surface area contributed by atoms with Gasteiger partial charge in [0, 0.05) is 37.6 Å². The number of pyridine rings is 1. The topological polar surface area (TPSA) is 65.5 Å². The fourth-order valence-electron chi connectivity index (χ4n) is 3.39. The van der Waals surface area contributed by atoms with E-state index in [9.17, 15) is 9.59 Å². The van der Waals surface area contributed by atoms with E-state index in [1.165, 1.54) is 4.90 Å². The number of likely N-dealkylation sites (tertiary alicyclic amines) is 1. The zero-order chi connectivity index (χ0) is 15.9. The average Bonchev–Trinajstić information content (AvgIpc) is 3.02. The van der Waals surface area contributed by atoms with Crippen LogP contribution in [0.15, 0.2) is 24.5 Å².